The van der Waals surface area contributed by atoms with Gasteiger partial charge in [0.15, 0.2) is 0 Å². The summed E-state index contributed by atoms with van der Waals surface area (Å²) in [5, 5.41) is 3.70. The number of hydrogen-bond donors (Lipinski definition) is 1. The van der Waals surface area contributed by atoms with Crippen LogP contribution >= 0.6 is 0 Å². The van der Waals surface area contributed by atoms with Crippen molar-refractivity contribution >= 4 is 19.9 Å². The molecule has 0 aromatic carbocycles. The van der Waals surface area contributed by atoms with Gasteiger partial charge in [-0.15, -0.1) is 0 Å². The van der Waals surface area contributed by atoms with Crippen molar-refractivity contribution in [3.8, 4) is 0 Å². The highest BCUT2D eigenvalue weighted by molar-refractivity contribution is 7.92. The summed E-state index contributed by atoms with van der Waals surface area (Å²) in [6, 6.07) is 0. The van der Waals surface area contributed by atoms with E-state index in [2.05, 4.69) is 5.10 Å². The molecule has 20 heavy (non-hydrogen) atoms. The van der Waals surface area contributed by atoms with Crippen LogP contribution < -0.4 is 4.72 Å². The van der Waals surface area contributed by atoms with Gasteiger partial charge in [-0.05, 0) is 6.92 Å². The first-order chi connectivity index (χ1) is 8.99. The predicted octanol–water partition coefficient (Wildman–Crippen LogP) is 0.116. The Morgan fingerprint density at radius 2 is 1.90 bits per heavy atom. The zero-order valence-corrected chi connectivity index (χ0v) is 11.9. The van der Waals surface area contributed by atoms with Crippen LogP contribution in [0.1, 0.15) is 6.92 Å². The Kier molecular flexibility index (Phi) is 4.82. The van der Waals surface area contributed by atoms with E-state index in [9.17, 15) is 30.0 Å². The standard InChI is InChI=1S/C8H12F3N3O4S2/c1-2-14-6-7(5-12-14)20(17,18)13-3-4-19(15,16)8(9,10)11/h5-6,13H,2-4H2,1H3. The Hall–Kier alpha value is -1.14. The molecule has 0 amide bonds. The first-order valence-electron chi connectivity index (χ1n) is 5.31. The molecule has 0 saturated heterocycles. The van der Waals surface area contributed by atoms with Crippen LogP contribution in [0, 0.1) is 0 Å². The van der Waals surface area contributed by atoms with Crippen molar-refractivity contribution in [3.63, 3.8) is 0 Å². The molecule has 1 aromatic heterocycles. The molecule has 116 valence electrons. The van der Waals surface area contributed by atoms with Gasteiger partial charge in [-0.3, -0.25) is 4.68 Å². The monoisotopic (exact) mass is 335 g/mol. The molecule has 1 N–H and O–H groups in total. The average Bonchev–Trinajstić information content (AvgIpc) is 2.75. The highest BCUT2D eigenvalue weighted by atomic mass is 32.2. The molecule has 0 radical (unpaired) electrons. The van der Waals surface area contributed by atoms with Crippen LogP contribution in [0.15, 0.2) is 17.3 Å². The van der Waals surface area contributed by atoms with E-state index >= 15 is 0 Å². The molecule has 0 fully saturated rings. The lowest BCUT2D eigenvalue weighted by Gasteiger charge is -2.08. The summed E-state index contributed by atoms with van der Waals surface area (Å²) in [6.45, 7) is 1.26. The zero-order valence-electron chi connectivity index (χ0n) is 10.3. The van der Waals surface area contributed by atoms with Crippen LogP contribution in [0.2, 0.25) is 0 Å². The fourth-order valence-corrected chi connectivity index (χ4v) is 2.88. The van der Waals surface area contributed by atoms with E-state index in [-0.39, 0.29) is 4.90 Å². The maximum absolute atomic E-state index is 12.0. The third-order valence-corrected chi connectivity index (χ3v) is 5.12. The largest absolute Gasteiger partial charge is 0.497 e. The van der Waals surface area contributed by atoms with Gasteiger partial charge in [0.2, 0.25) is 19.9 Å². The topological polar surface area (TPSA) is 98.1 Å². The van der Waals surface area contributed by atoms with Gasteiger partial charge in [-0.1, -0.05) is 0 Å². The first kappa shape index (κ1) is 16.9. The molecular formula is C8H12F3N3O4S2. The minimum Gasteiger partial charge on any atom is -0.272 e. The minimum absolute atomic E-state index is 0.247. The van der Waals surface area contributed by atoms with Crippen molar-refractivity contribution in [1.29, 1.82) is 0 Å². The van der Waals surface area contributed by atoms with Crippen molar-refractivity contribution in [2.24, 2.45) is 0 Å². The summed E-state index contributed by atoms with van der Waals surface area (Å²) in [7, 11) is -9.43. The van der Waals surface area contributed by atoms with Gasteiger partial charge < -0.3 is 0 Å². The van der Waals surface area contributed by atoms with Crippen molar-refractivity contribution in [3.05, 3.63) is 12.4 Å². The van der Waals surface area contributed by atoms with Crippen LogP contribution in [-0.4, -0.2) is 44.4 Å². The lowest BCUT2D eigenvalue weighted by Crippen LogP contribution is -2.34. The lowest BCUT2D eigenvalue weighted by molar-refractivity contribution is -0.0435. The number of sulfonamides is 1. The van der Waals surface area contributed by atoms with Crippen molar-refractivity contribution < 1.29 is 30.0 Å². The number of sulfone groups is 1. The fourth-order valence-electron chi connectivity index (χ4n) is 1.17. The lowest BCUT2D eigenvalue weighted by atomic mass is 10.7. The highest BCUT2D eigenvalue weighted by Crippen LogP contribution is 2.23. The summed E-state index contributed by atoms with van der Waals surface area (Å²) < 4.78 is 84.0. The van der Waals surface area contributed by atoms with Gasteiger partial charge in [0.1, 0.15) is 4.90 Å². The maximum Gasteiger partial charge on any atom is 0.497 e. The molecule has 0 saturated carbocycles. The SMILES string of the molecule is CCn1cc(S(=O)(=O)NCCS(=O)(=O)C(F)(F)F)cn1. The molecular weight excluding hydrogens is 323 g/mol. The number of nitrogens with zero attached hydrogens (tertiary/aromatic N) is 2. The fraction of sp³-hybridized carbons (Fsp3) is 0.625. The third kappa shape index (κ3) is 3.93. The second kappa shape index (κ2) is 5.69. The molecule has 1 aromatic rings. The second-order valence-corrected chi connectivity index (χ2v) is 7.56. The number of rotatable bonds is 6. The van der Waals surface area contributed by atoms with E-state index in [1.54, 1.807) is 11.6 Å². The van der Waals surface area contributed by atoms with Gasteiger partial charge in [0, 0.05) is 19.3 Å². The van der Waals surface area contributed by atoms with Gasteiger partial charge in [0.25, 0.3) is 0 Å². The molecule has 0 aliphatic carbocycles. The van der Waals surface area contributed by atoms with Gasteiger partial charge in [-0.2, -0.15) is 18.3 Å². The molecule has 0 aliphatic heterocycles. The molecule has 12 heteroatoms. The highest BCUT2D eigenvalue weighted by Gasteiger charge is 2.45. The van der Waals surface area contributed by atoms with Gasteiger partial charge in [0.05, 0.1) is 11.9 Å². The summed E-state index contributed by atoms with van der Waals surface area (Å²) in [5.74, 6) is -1.36. The number of aromatic nitrogens is 2. The summed E-state index contributed by atoms with van der Waals surface area (Å²) >= 11 is 0. The Labute approximate surface area is 113 Å². The molecule has 0 aliphatic rings. The summed E-state index contributed by atoms with van der Waals surface area (Å²) in [5.41, 5.74) is -5.40. The Morgan fingerprint density at radius 3 is 2.35 bits per heavy atom. The number of hydrogen-bond acceptors (Lipinski definition) is 5. The summed E-state index contributed by atoms with van der Waals surface area (Å²) in [4.78, 5) is -0.247. The predicted molar refractivity (Wildman–Crippen MR) is 62.9 cm³/mol. The van der Waals surface area contributed by atoms with E-state index in [4.69, 9.17) is 0 Å². The summed E-state index contributed by atoms with van der Waals surface area (Å²) in [6.07, 6.45) is 2.20. The van der Waals surface area contributed by atoms with E-state index in [1.165, 1.54) is 10.9 Å². The van der Waals surface area contributed by atoms with E-state index in [0.717, 1.165) is 6.20 Å². The van der Waals surface area contributed by atoms with E-state index < -0.39 is 37.7 Å². The van der Waals surface area contributed by atoms with Crippen LogP contribution in [0.5, 0.6) is 0 Å². The van der Waals surface area contributed by atoms with Crippen LogP contribution in [0.25, 0.3) is 0 Å². The van der Waals surface area contributed by atoms with Gasteiger partial charge >= 0.3 is 5.51 Å². The molecule has 7 nitrogen and oxygen atoms in total. The average molecular weight is 335 g/mol. The first-order valence-corrected chi connectivity index (χ1v) is 8.44. The van der Waals surface area contributed by atoms with Crippen LogP contribution in [0.4, 0.5) is 13.2 Å². The molecule has 0 unspecified atom stereocenters. The quantitative estimate of drug-likeness (QED) is 0.796. The third-order valence-electron chi connectivity index (χ3n) is 2.26. The zero-order chi connectivity index (χ0) is 15.6. The number of aryl methyl sites for hydroxylation is 1. The van der Waals surface area contributed by atoms with Crippen molar-refractivity contribution in [1.82, 2.24) is 14.5 Å². The van der Waals surface area contributed by atoms with Crippen molar-refractivity contribution in [2.75, 3.05) is 12.3 Å². The number of alkyl halides is 3. The molecule has 0 atom stereocenters. The van der Waals surface area contributed by atoms with E-state index in [0.29, 0.717) is 6.54 Å². The molecule has 1 heterocycles. The Balaban J connectivity index is 2.70. The molecule has 0 spiro atoms. The smallest absolute Gasteiger partial charge is 0.272 e. The van der Waals surface area contributed by atoms with Crippen LogP contribution in [-0.2, 0) is 26.4 Å². The van der Waals surface area contributed by atoms with E-state index in [1.807, 2.05) is 0 Å². The van der Waals surface area contributed by atoms with Gasteiger partial charge in [-0.25, -0.2) is 21.6 Å². The van der Waals surface area contributed by atoms with Crippen molar-refractivity contribution in [2.45, 2.75) is 23.9 Å². The van der Waals surface area contributed by atoms with Crippen LogP contribution in [0.3, 0.4) is 0 Å². The maximum atomic E-state index is 12.0. The Morgan fingerprint density at radius 1 is 1.30 bits per heavy atom. The number of nitrogens with one attached hydrogen (secondary N) is 1. The molecule has 1 rings (SSSR count). The second-order valence-electron chi connectivity index (χ2n) is 3.69. The normalized spacial score (nSPS) is 13.6. The molecule has 0 bridgehead atoms. The number of halogens is 3. The minimum atomic E-state index is -5.40. The Bertz CT molecular complexity index is 663.